The highest BCUT2D eigenvalue weighted by atomic mass is 127. The van der Waals surface area contributed by atoms with E-state index in [1.807, 2.05) is 6.07 Å². The fourth-order valence-electron chi connectivity index (χ4n) is 1.82. The van der Waals surface area contributed by atoms with Gasteiger partial charge in [0.1, 0.15) is 0 Å². The summed E-state index contributed by atoms with van der Waals surface area (Å²) in [5, 5.41) is 8.90. The van der Waals surface area contributed by atoms with E-state index in [2.05, 4.69) is 22.6 Å². The summed E-state index contributed by atoms with van der Waals surface area (Å²) in [5.41, 5.74) is 1.57. The van der Waals surface area contributed by atoms with Crippen LogP contribution in [-0.4, -0.2) is 16.9 Å². The van der Waals surface area contributed by atoms with Gasteiger partial charge in [-0.2, -0.15) is 0 Å². The number of halogens is 1. The molecule has 96 valence electrons. The Kier molecular flexibility index (Phi) is 4.31. The maximum atomic E-state index is 12.4. The molecule has 0 aromatic heterocycles. The van der Waals surface area contributed by atoms with Gasteiger partial charge in [0.2, 0.25) is 0 Å². The van der Waals surface area contributed by atoms with Crippen LogP contribution >= 0.6 is 22.6 Å². The average Bonchev–Trinajstić information content (AvgIpc) is 2.40. The van der Waals surface area contributed by atoms with Gasteiger partial charge in [0.15, 0.2) is 5.78 Å². The standard InChI is InChI=1S/C15H11IO3/c16-12-7-6-11(8-14(17)18)13(9-12)15(19)10-4-2-1-3-5-10/h1-7,9H,8H2,(H,17,18). The van der Waals surface area contributed by atoms with E-state index in [1.54, 1.807) is 42.5 Å². The normalized spacial score (nSPS) is 10.2. The molecule has 0 spiro atoms. The largest absolute Gasteiger partial charge is 0.481 e. The van der Waals surface area contributed by atoms with Crippen molar-refractivity contribution in [1.29, 1.82) is 0 Å². The van der Waals surface area contributed by atoms with Crippen molar-refractivity contribution in [2.24, 2.45) is 0 Å². The van der Waals surface area contributed by atoms with Crippen molar-refractivity contribution in [3.63, 3.8) is 0 Å². The number of carboxylic acid groups (broad SMARTS) is 1. The Balaban J connectivity index is 2.45. The van der Waals surface area contributed by atoms with Crippen molar-refractivity contribution in [2.75, 3.05) is 0 Å². The van der Waals surface area contributed by atoms with Crippen molar-refractivity contribution < 1.29 is 14.7 Å². The number of carbonyl (C=O) groups excluding carboxylic acids is 1. The Morgan fingerprint density at radius 3 is 2.37 bits per heavy atom. The Bertz CT molecular complexity index is 621. The molecule has 0 heterocycles. The summed E-state index contributed by atoms with van der Waals surface area (Å²) in [4.78, 5) is 23.3. The zero-order chi connectivity index (χ0) is 13.8. The third-order valence-electron chi connectivity index (χ3n) is 2.69. The molecule has 0 aliphatic heterocycles. The van der Waals surface area contributed by atoms with Gasteiger partial charge < -0.3 is 5.11 Å². The Morgan fingerprint density at radius 1 is 1.05 bits per heavy atom. The maximum Gasteiger partial charge on any atom is 0.307 e. The molecule has 0 aliphatic rings. The predicted octanol–water partition coefficient (Wildman–Crippen LogP) is 3.15. The average molecular weight is 366 g/mol. The summed E-state index contributed by atoms with van der Waals surface area (Å²) < 4.78 is 0.908. The molecule has 0 saturated carbocycles. The minimum Gasteiger partial charge on any atom is -0.481 e. The summed E-state index contributed by atoms with van der Waals surface area (Å²) in [5.74, 6) is -1.08. The van der Waals surface area contributed by atoms with Crippen LogP contribution < -0.4 is 0 Å². The molecule has 2 aromatic rings. The van der Waals surface area contributed by atoms with E-state index in [4.69, 9.17) is 5.11 Å². The van der Waals surface area contributed by atoms with E-state index >= 15 is 0 Å². The Labute approximate surface area is 124 Å². The van der Waals surface area contributed by atoms with Gasteiger partial charge in [-0.25, -0.2) is 0 Å². The summed E-state index contributed by atoms with van der Waals surface area (Å²) in [7, 11) is 0. The molecule has 2 rings (SSSR count). The number of carboxylic acids is 1. The van der Waals surface area contributed by atoms with Crippen molar-refractivity contribution >= 4 is 34.3 Å². The molecule has 19 heavy (non-hydrogen) atoms. The second-order valence-electron chi connectivity index (χ2n) is 4.07. The lowest BCUT2D eigenvalue weighted by Gasteiger charge is -2.08. The van der Waals surface area contributed by atoms with Crippen molar-refractivity contribution in [3.05, 3.63) is 68.8 Å². The molecule has 4 heteroatoms. The number of benzene rings is 2. The third kappa shape index (κ3) is 3.41. The van der Waals surface area contributed by atoms with Crippen molar-refractivity contribution in [3.8, 4) is 0 Å². The number of ketones is 1. The summed E-state index contributed by atoms with van der Waals surface area (Å²) >= 11 is 2.11. The zero-order valence-electron chi connectivity index (χ0n) is 9.97. The van der Waals surface area contributed by atoms with E-state index in [0.29, 0.717) is 16.7 Å². The van der Waals surface area contributed by atoms with Crippen molar-refractivity contribution in [2.45, 2.75) is 6.42 Å². The molecule has 0 saturated heterocycles. The van der Waals surface area contributed by atoms with Crippen LogP contribution in [0.3, 0.4) is 0 Å². The van der Waals surface area contributed by atoms with Gasteiger partial charge in [-0.05, 0) is 40.3 Å². The molecular formula is C15H11IO3. The minimum absolute atomic E-state index is 0.143. The highest BCUT2D eigenvalue weighted by Gasteiger charge is 2.15. The maximum absolute atomic E-state index is 12.4. The smallest absolute Gasteiger partial charge is 0.307 e. The molecule has 0 amide bonds. The number of rotatable bonds is 4. The fraction of sp³-hybridized carbons (Fsp3) is 0.0667. The van der Waals surface area contributed by atoms with Gasteiger partial charge in [0.05, 0.1) is 6.42 Å². The van der Waals surface area contributed by atoms with Gasteiger partial charge in [-0.15, -0.1) is 0 Å². The first-order valence-corrected chi connectivity index (χ1v) is 6.76. The molecule has 2 aromatic carbocycles. The molecular weight excluding hydrogens is 355 g/mol. The molecule has 3 nitrogen and oxygen atoms in total. The predicted molar refractivity (Wildman–Crippen MR) is 80.4 cm³/mol. The SMILES string of the molecule is O=C(O)Cc1ccc(I)cc1C(=O)c1ccccc1. The second-order valence-corrected chi connectivity index (χ2v) is 5.31. The third-order valence-corrected chi connectivity index (χ3v) is 3.37. The molecule has 0 radical (unpaired) electrons. The lowest BCUT2D eigenvalue weighted by Crippen LogP contribution is -2.09. The van der Waals surface area contributed by atoms with E-state index in [0.717, 1.165) is 3.57 Å². The zero-order valence-corrected chi connectivity index (χ0v) is 12.1. The second kappa shape index (κ2) is 5.97. The quantitative estimate of drug-likeness (QED) is 0.668. The van der Waals surface area contributed by atoms with Crippen LogP contribution in [0.25, 0.3) is 0 Å². The highest BCUT2D eigenvalue weighted by molar-refractivity contribution is 14.1. The Hall–Kier alpha value is -1.69. The lowest BCUT2D eigenvalue weighted by molar-refractivity contribution is -0.136. The summed E-state index contributed by atoms with van der Waals surface area (Å²) in [6.07, 6.45) is -0.148. The minimum atomic E-state index is -0.941. The van der Waals surface area contributed by atoms with Crippen LogP contribution in [0.2, 0.25) is 0 Å². The van der Waals surface area contributed by atoms with Gasteiger partial charge in [-0.1, -0.05) is 36.4 Å². The summed E-state index contributed by atoms with van der Waals surface area (Å²) in [6.45, 7) is 0. The molecule has 0 bridgehead atoms. The van der Waals surface area contributed by atoms with Crippen molar-refractivity contribution in [1.82, 2.24) is 0 Å². The first-order valence-electron chi connectivity index (χ1n) is 5.68. The Morgan fingerprint density at radius 2 is 1.74 bits per heavy atom. The van der Waals surface area contributed by atoms with Crippen LogP contribution in [0.15, 0.2) is 48.5 Å². The molecule has 0 fully saturated rings. The van der Waals surface area contributed by atoms with E-state index in [-0.39, 0.29) is 12.2 Å². The number of hydrogen-bond donors (Lipinski definition) is 1. The highest BCUT2D eigenvalue weighted by Crippen LogP contribution is 2.18. The van der Waals surface area contributed by atoms with Crippen LogP contribution in [-0.2, 0) is 11.2 Å². The van der Waals surface area contributed by atoms with E-state index < -0.39 is 5.97 Å². The van der Waals surface area contributed by atoms with Gasteiger partial charge in [0.25, 0.3) is 0 Å². The topological polar surface area (TPSA) is 54.4 Å². The lowest BCUT2D eigenvalue weighted by atomic mass is 9.97. The first kappa shape index (κ1) is 13.7. The molecule has 0 atom stereocenters. The van der Waals surface area contributed by atoms with Crippen LogP contribution in [0.1, 0.15) is 21.5 Å². The molecule has 0 aliphatic carbocycles. The monoisotopic (exact) mass is 366 g/mol. The van der Waals surface area contributed by atoms with E-state index in [9.17, 15) is 9.59 Å². The molecule has 1 N–H and O–H groups in total. The van der Waals surface area contributed by atoms with Crippen LogP contribution in [0.4, 0.5) is 0 Å². The first-order chi connectivity index (χ1) is 9.08. The van der Waals surface area contributed by atoms with Gasteiger partial charge in [0, 0.05) is 14.7 Å². The van der Waals surface area contributed by atoms with Crippen LogP contribution in [0.5, 0.6) is 0 Å². The van der Waals surface area contributed by atoms with Gasteiger partial charge >= 0.3 is 5.97 Å². The summed E-state index contributed by atoms with van der Waals surface area (Å²) in [6, 6.07) is 14.1. The number of carbonyl (C=O) groups is 2. The van der Waals surface area contributed by atoms with E-state index in [1.165, 1.54) is 0 Å². The fourth-order valence-corrected chi connectivity index (χ4v) is 2.31. The number of aliphatic carboxylic acids is 1. The van der Waals surface area contributed by atoms with Crippen LogP contribution in [0, 0.1) is 3.57 Å². The van der Waals surface area contributed by atoms with Gasteiger partial charge in [-0.3, -0.25) is 9.59 Å². The molecule has 0 unspecified atom stereocenters. The number of hydrogen-bond acceptors (Lipinski definition) is 2.